The Hall–Kier alpha value is -5.02. The molecule has 6 aliphatic rings. The first-order valence-electron chi connectivity index (χ1n) is 50.5. The van der Waals surface area contributed by atoms with Crippen molar-refractivity contribution in [1.82, 2.24) is 0 Å². The Bertz CT molecular complexity index is 4530. The minimum absolute atomic E-state index is 0.0304. The van der Waals surface area contributed by atoms with Crippen LogP contribution in [-0.2, 0) is 80.0 Å². The predicted molar refractivity (Wildman–Crippen MR) is 565 cm³/mol. The van der Waals surface area contributed by atoms with E-state index in [4.69, 9.17) is 74.5 Å². The fraction of sp³-hybridized carbons (Fsp3) is 0.752. The highest BCUT2D eigenvalue weighted by atomic mass is 32.2. The van der Waals surface area contributed by atoms with Crippen LogP contribution >= 0.6 is 0 Å². The van der Waals surface area contributed by atoms with Crippen molar-refractivity contribution in [2.45, 2.75) is 475 Å². The van der Waals surface area contributed by atoms with E-state index in [2.05, 4.69) is 284 Å². The van der Waals surface area contributed by atoms with Crippen molar-refractivity contribution < 1.29 is 120 Å². The zero-order valence-electron chi connectivity index (χ0n) is 94.5. The maximum absolute atomic E-state index is 12.8. The molecule has 23 nitrogen and oxygen atoms in total. The quantitative estimate of drug-likeness (QED) is 0.0168. The molecule has 0 aromatic heterocycles. The van der Waals surface area contributed by atoms with Crippen molar-refractivity contribution >= 4 is 67.7 Å². The van der Waals surface area contributed by atoms with Crippen molar-refractivity contribution in [2.24, 2.45) is 47.3 Å². The van der Waals surface area contributed by atoms with Crippen LogP contribution in [0.25, 0.3) is 6.08 Å². The molecule has 0 saturated carbocycles. The highest BCUT2D eigenvalue weighted by Gasteiger charge is 2.53. The number of fused-ring (bicyclic) bond motifs is 2. The smallest absolute Gasteiger partial charge is 0.452 e. The number of alkyl halides is 3. The standard InChI is InChI=1S/C33H52O6Si.C22H42O3Si.C21H42O4Si.C21H40O4Si.C12H11F3O6S/c1-21-19-25(28-27(20-21)36-33(10,11)38-30(28)34)15-14-16-26-29(37-32(8,9)35-26)23(3)18-17-22(2)24(4)39-40(12,13)31(5,6)7;1-12-13-19-20(24-22(8,9)23-19)17(3)15-14-16(2)18(4)25-26(10,11)21(5,6)7;2*1-15(17(3)25-26(9,10)20(4,5)6)11-12-16(2)19-18(13-14-22)23-21(7,8)24-19;1-6-4-7-9(10(16)20-11(2,3)19-7)8(5-6)21-22(17,18)12(13,14)15/h14-15,17-20,22-24,26,29H,16H2,1-13H3;12,14-20H,1,13H2,2-11H3;11-12,15-19,22H,13-14H2,1-10H3;11-12,14-19H,13H2,1-10H3;4-5H,1-3H3/b15-14+,18-17-;15-14-;2*12-11-;/t22-,23?,24+,26+,29-;16-,17?,18+,19+,20-;2*15-,16?,17+,18+,19-;/m1111./s1. The summed E-state index contributed by atoms with van der Waals surface area (Å²) in [7, 11) is -13.0. The van der Waals surface area contributed by atoms with Crippen LogP contribution < -0.4 is 13.7 Å². The first-order valence-corrected chi connectivity index (χ1v) is 63.5. The summed E-state index contributed by atoms with van der Waals surface area (Å²) in [5.74, 6) is -4.39. The minimum atomic E-state index is -5.92. The molecule has 140 heavy (non-hydrogen) atoms. The Morgan fingerprint density at radius 1 is 0.407 bits per heavy atom. The number of carbonyl (C=O) groups excluding carboxylic acids is 3. The monoisotopic (exact) mass is 2070 g/mol. The van der Waals surface area contributed by atoms with Crippen LogP contribution in [-0.4, -0.2) is 185 Å². The first kappa shape index (κ1) is 127. The van der Waals surface area contributed by atoms with Gasteiger partial charge in [0.05, 0.1) is 48.8 Å². The molecule has 6 heterocycles. The zero-order valence-corrected chi connectivity index (χ0v) is 99.3. The maximum atomic E-state index is 12.8. The molecule has 2 aromatic rings. The maximum Gasteiger partial charge on any atom is 0.534 e. The van der Waals surface area contributed by atoms with Crippen LogP contribution in [0.3, 0.4) is 0 Å². The van der Waals surface area contributed by atoms with Gasteiger partial charge >= 0.3 is 27.6 Å². The number of hydrogen-bond acceptors (Lipinski definition) is 23. The number of hydrogen-bond donors (Lipinski definition) is 1. The van der Waals surface area contributed by atoms with E-state index in [-0.39, 0.29) is 141 Å². The largest absolute Gasteiger partial charge is 0.534 e. The number of aldehydes is 1. The van der Waals surface area contributed by atoms with Gasteiger partial charge in [0.25, 0.3) is 0 Å². The summed E-state index contributed by atoms with van der Waals surface area (Å²) in [4.78, 5) is 35.6. The molecule has 6 aliphatic heterocycles. The van der Waals surface area contributed by atoms with Gasteiger partial charge in [0, 0.05) is 88.8 Å². The molecule has 804 valence electrons. The highest BCUT2D eigenvalue weighted by Crippen LogP contribution is 2.47. The molecule has 2 aromatic carbocycles. The van der Waals surface area contributed by atoms with Crippen molar-refractivity contribution in [3.63, 3.8) is 0 Å². The summed E-state index contributed by atoms with van der Waals surface area (Å²) in [6, 6.07) is 6.20. The molecule has 0 spiro atoms. The molecule has 4 unspecified atom stereocenters. The number of rotatable bonds is 35. The van der Waals surface area contributed by atoms with Gasteiger partial charge in [-0.3, -0.25) is 0 Å². The molecule has 31 heteroatoms. The van der Waals surface area contributed by atoms with Crippen LogP contribution in [0.4, 0.5) is 13.2 Å². The molecule has 20 atom stereocenters. The fourth-order valence-corrected chi connectivity index (χ4v) is 22.2. The van der Waals surface area contributed by atoms with Gasteiger partial charge in [-0.2, -0.15) is 21.6 Å². The Kier molecular flexibility index (Phi) is 44.9. The molecule has 0 radical (unpaired) electrons. The second-order valence-electron chi connectivity index (χ2n) is 48.5. The van der Waals surface area contributed by atoms with Gasteiger partial charge in [-0.1, -0.05) is 211 Å². The third kappa shape index (κ3) is 37.7. The number of aliphatic hydroxyl groups is 1. The summed E-state index contributed by atoms with van der Waals surface area (Å²) in [5.41, 5.74) is -3.54. The van der Waals surface area contributed by atoms with Gasteiger partial charge in [-0.25, -0.2) is 9.59 Å². The van der Waals surface area contributed by atoms with Gasteiger partial charge < -0.3 is 88.6 Å². The lowest BCUT2D eigenvalue weighted by atomic mass is 9.94. The SMILES string of the molecule is C=CC[C@@H]1OC(C)(C)O[C@@H]1C(C)/C=C\[C@@H](C)[C@H](C)O[Si](C)(C)C(C)(C)C.CC(/C=C\[C@@H](C)[C@H](C)O[Si](C)(C)C(C)(C)C)[C@H]1OC(C)(C)O[C@H]1CC=O.CC(/C=C\[C@@H](C)[C@H](C)O[Si](C)(C)C(C)(C)C)[C@H]1OC(C)(C)O[C@H]1CCO.Cc1cc(/C=C/C[C@@H]2OC(C)(C)O[C@@H]2C(C)/C=C\[C@@H](C)[C@H](C)O[Si](C)(C)C(C)(C)C)c2c(c1)OC(C)(C)OC2=O.Cc1cc2c(c(OS(=O)(=O)C(F)(F)F)c1)C(=O)OC(C)(C)O2. The summed E-state index contributed by atoms with van der Waals surface area (Å²) < 4.78 is 160. The number of carbonyl (C=O) groups is 3. The van der Waals surface area contributed by atoms with Crippen LogP contribution in [0.15, 0.2) is 91.6 Å². The molecule has 0 aliphatic carbocycles. The lowest BCUT2D eigenvalue weighted by molar-refractivity contribution is -0.150. The van der Waals surface area contributed by atoms with E-state index in [9.17, 15) is 41.1 Å². The van der Waals surface area contributed by atoms with Gasteiger partial charge in [0.2, 0.25) is 11.6 Å². The predicted octanol–water partition coefficient (Wildman–Crippen LogP) is 27.7. The van der Waals surface area contributed by atoms with Gasteiger partial charge in [0.15, 0.2) is 62.2 Å². The Balaban J connectivity index is 0.000000372. The third-order valence-corrected chi connectivity index (χ3v) is 47.8. The van der Waals surface area contributed by atoms with E-state index >= 15 is 0 Å². The van der Waals surface area contributed by atoms with Crippen molar-refractivity contribution in [1.29, 1.82) is 0 Å². The second-order valence-corrected chi connectivity index (χ2v) is 69.1. The molecule has 4 fully saturated rings. The van der Waals surface area contributed by atoms with Crippen LogP contribution in [0.5, 0.6) is 17.2 Å². The first-order chi connectivity index (χ1) is 63.1. The van der Waals surface area contributed by atoms with E-state index in [0.717, 1.165) is 29.9 Å². The third-order valence-electron chi connectivity index (χ3n) is 28.5. The van der Waals surface area contributed by atoms with E-state index in [1.54, 1.807) is 13.8 Å². The van der Waals surface area contributed by atoms with E-state index in [1.807, 2.05) is 86.6 Å². The normalized spacial score (nSPS) is 25.2. The van der Waals surface area contributed by atoms with Gasteiger partial charge in [-0.15, -0.1) is 6.58 Å². The highest BCUT2D eigenvalue weighted by molar-refractivity contribution is 7.88. The number of cyclic esters (lactones) is 2. The minimum Gasteiger partial charge on any atom is -0.452 e. The van der Waals surface area contributed by atoms with Gasteiger partial charge in [0.1, 0.15) is 28.9 Å². The molecule has 1 N–H and O–H groups in total. The van der Waals surface area contributed by atoms with Crippen molar-refractivity contribution in [3.05, 3.63) is 119 Å². The number of ether oxygens (including phenoxy) is 12. The summed E-state index contributed by atoms with van der Waals surface area (Å²) in [5, 5.41) is 10.1. The number of esters is 2. The van der Waals surface area contributed by atoms with E-state index in [0.29, 0.717) is 53.9 Å². The molecule has 0 bridgehead atoms. The number of benzene rings is 2. The van der Waals surface area contributed by atoms with Crippen LogP contribution in [0.1, 0.15) is 312 Å². The summed E-state index contributed by atoms with van der Waals surface area (Å²) >= 11 is 0. The summed E-state index contributed by atoms with van der Waals surface area (Å²) in [6.45, 7) is 101. The van der Waals surface area contributed by atoms with Crippen LogP contribution in [0.2, 0.25) is 72.5 Å². The Morgan fingerprint density at radius 2 is 0.686 bits per heavy atom. The molecule has 8 rings (SSSR count). The van der Waals surface area contributed by atoms with Crippen LogP contribution in [0, 0.1) is 61.2 Å². The average Bonchev–Trinajstić information content (AvgIpc) is 1.12. The number of aryl methyl sites for hydroxylation is 2. The van der Waals surface area contributed by atoms with Crippen molar-refractivity contribution in [3.8, 4) is 17.2 Å². The van der Waals surface area contributed by atoms with E-state index < -0.39 is 101 Å². The second kappa shape index (κ2) is 49.4. The number of halogens is 3. The lowest BCUT2D eigenvalue weighted by Gasteiger charge is -2.39. The fourth-order valence-electron chi connectivity index (χ4n) is 15.7. The Morgan fingerprint density at radius 3 is 0.979 bits per heavy atom. The average molecular weight is 2070 g/mol. The molecule has 4 saturated heterocycles. The van der Waals surface area contributed by atoms with Crippen molar-refractivity contribution in [2.75, 3.05) is 6.61 Å². The molecule has 0 amide bonds. The lowest BCUT2D eigenvalue weighted by Crippen LogP contribution is -2.44. The van der Waals surface area contributed by atoms with Gasteiger partial charge in [-0.05, 0) is 247 Å². The Labute approximate surface area is 847 Å². The topological polar surface area (TPSA) is 262 Å². The molecular formula is C109H187F3O23SSi4. The molecular weight excluding hydrogens is 1880 g/mol. The zero-order chi connectivity index (χ0) is 108. The van der Waals surface area contributed by atoms with E-state index in [1.165, 1.54) is 26.8 Å². The number of aliphatic hydroxyl groups excluding tert-OH is 1. The summed E-state index contributed by atoms with van der Waals surface area (Å²) in [6.07, 6.45) is 27.4.